The summed E-state index contributed by atoms with van der Waals surface area (Å²) < 4.78 is 4.05. The number of hydrogen-bond acceptors (Lipinski definition) is 5. The van der Waals surface area contributed by atoms with E-state index in [1.807, 2.05) is 0 Å². The van der Waals surface area contributed by atoms with Crippen LogP contribution in [0.2, 0.25) is 0 Å². The highest BCUT2D eigenvalue weighted by Crippen LogP contribution is 2.17. The molecule has 1 aliphatic heterocycles. The van der Waals surface area contributed by atoms with E-state index in [2.05, 4.69) is 4.37 Å². The molecule has 1 aliphatic rings. The number of carboxylic acids is 1. The number of aryl methyl sites for hydroxylation is 1. The Morgan fingerprint density at radius 2 is 2.23 bits per heavy atom. The topological polar surface area (TPSA) is 90.8 Å². The summed E-state index contributed by atoms with van der Waals surface area (Å²) >= 11 is 1.20. The maximum atomic E-state index is 12.3. The molecule has 1 N–H and O–H groups in total. The van der Waals surface area contributed by atoms with Crippen molar-refractivity contribution in [2.75, 3.05) is 26.7 Å². The maximum Gasteiger partial charge on any atom is 0.308 e. The van der Waals surface area contributed by atoms with Gasteiger partial charge in [0.05, 0.1) is 23.7 Å². The van der Waals surface area contributed by atoms with Crippen molar-refractivity contribution in [1.29, 1.82) is 0 Å². The number of aromatic nitrogens is 1. The van der Waals surface area contributed by atoms with Crippen LogP contribution in [0, 0.1) is 12.8 Å². The first-order valence-corrected chi connectivity index (χ1v) is 7.90. The molecule has 2 heterocycles. The number of likely N-dealkylation sites (tertiary alicyclic amines) is 1. The van der Waals surface area contributed by atoms with Crippen molar-refractivity contribution in [2.24, 2.45) is 5.92 Å². The predicted octanol–water partition coefficient (Wildman–Crippen LogP) is 0.847. The number of carbonyl (C=O) groups is 3. The number of nitrogens with zero attached hydrogens (tertiary/aromatic N) is 3. The molecule has 1 fully saturated rings. The van der Waals surface area contributed by atoms with Crippen molar-refractivity contribution < 1.29 is 19.5 Å². The van der Waals surface area contributed by atoms with Crippen molar-refractivity contribution in [2.45, 2.75) is 19.8 Å². The average Bonchev–Trinajstić information content (AvgIpc) is 2.92. The predicted molar refractivity (Wildman–Crippen MR) is 80.8 cm³/mol. The summed E-state index contributed by atoms with van der Waals surface area (Å²) in [6, 6.07) is 0. The molecule has 1 saturated heterocycles. The third kappa shape index (κ3) is 3.62. The Bertz CT molecular complexity index is 586. The molecule has 7 nitrogen and oxygen atoms in total. The molecule has 0 aromatic carbocycles. The molecule has 120 valence electrons. The summed E-state index contributed by atoms with van der Waals surface area (Å²) in [5.41, 5.74) is 1.15. The lowest BCUT2D eigenvalue weighted by molar-refractivity contribution is -0.145. The SMILES string of the molecule is Cc1nscc1C(=O)N(C)CC(=O)N1CCC[C@H](C(=O)O)C1. The second-order valence-electron chi connectivity index (χ2n) is 5.49. The van der Waals surface area contributed by atoms with Gasteiger partial charge in [-0.2, -0.15) is 4.37 Å². The summed E-state index contributed by atoms with van der Waals surface area (Å²) in [5, 5.41) is 10.7. The minimum Gasteiger partial charge on any atom is -0.481 e. The molecule has 1 atom stereocenters. The number of aliphatic carboxylic acids is 1. The van der Waals surface area contributed by atoms with Crippen LogP contribution in [0.15, 0.2) is 5.38 Å². The van der Waals surface area contributed by atoms with Gasteiger partial charge in [0.15, 0.2) is 0 Å². The molecule has 1 aromatic heterocycles. The molecular formula is C14H19N3O4S. The quantitative estimate of drug-likeness (QED) is 0.886. The molecule has 8 heteroatoms. The van der Waals surface area contributed by atoms with Crippen molar-refractivity contribution in [3.8, 4) is 0 Å². The normalized spacial score (nSPS) is 18.1. The maximum absolute atomic E-state index is 12.3. The van der Waals surface area contributed by atoms with E-state index in [-0.39, 0.29) is 24.9 Å². The third-order valence-electron chi connectivity index (χ3n) is 3.82. The zero-order valence-electron chi connectivity index (χ0n) is 12.6. The van der Waals surface area contributed by atoms with Crippen LogP contribution in [0.1, 0.15) is 28.9 Å². The van der Waals surface area contributed by atoms with Crippen LogP contribution >= 0.6 is 11.5 Å². The van der Waals surface area contributed by atoms with Crippen molar-refractivity contribution in [3.05, 3.63) is 16.6 Å². The highest BCUT2D eigenvalue weighted by atomic mass is 32.1. The Hall–Kier alpha value is -1.96. The standard InChI is InChI=1S/C14H19N3O4S/c1-9-11(8-22-15-9)13(19)16(2)7-12(18)17-5-3-4-10(6-17)14(20)21/h8,10H,3-7H2,1-2H3,(H,20,21)/t10-/m0/s1. The van der Waals surface area contributed by atoms with Gasteiger partial charge in [-0.15, -0.1) is 0 Å². The van der Waals surface area contributed by atoms with Crippen molar-refractivity contribution in [3.63, 3.8) is 0 Å². The monoisotopic (exact) mass is 325 g/mol. The zero-order valence-corrected chi connectivity index (χ0v) is 13.4. The third-order valence-corrected chi connectivity index (χ3v) is 4.54. The van der Waals surface area contributed by atoms with Crippen LogP contribution in [-0.4, -0.2) is 63.7 Å². The lowest BCUT2D eigenvalue weighted by atomic mass is 9.98. The van der Waals surface area contributed by atoms with Gasteiger partial charge in [-0.1, -0.05) is 0 Å². The van der Waals surface area contributed by atoms with Gasteiger partial charge in [-0.05, 0) is 31.3 Å². The van der Waals surface area contributed by atoms with E-state index >= 15 is 0 Å². The summed E-state index contributed by atoms with van der Waals surface area (Å²) in [6.45, 7) is 2.46. The number of hydrogen-bond donors (Lipinski definition) is 1. The number of carboxylic acid groups (broad SMARTS) is 1. The van der Waals surface area contributed by atoms with Gasteiger partial charge < -0.3 is 14.9 Å². The van der Waals surface area contributed by atoms with Gasteiger partial charge in [0.25, 0.3) is 5.91 Å². The molecule has 1 aromatic rings. The smallest absolute Gasteiger partial charge is 0.308 e. The summed E-state index contributed by atoms with van der Waals surface area (Å²) in [4.78, 5) is 38.4. The van der Waals surface area contributed by atoms with Crippen LogP contribution in [0.25, 0.3) is 0 Å². The van der Waals surface area contributed by atoms with Gasteiger partial charge in [-0.25, -0.2) is 0 Å². The number of amides is 2. The fraction of sp³-hybridized carbons (Fsp3) is 0.571. The average molecular weight is 325 g/mol. The second kappa shape index (κ2) is 6.87. The van der Waals surface area contributed by atoms with Crippen LogP contribution in [0.3, 0.4) is 0 Å². The first-order valence-electron chi connectivity index (χ1n) is 7.07. The lowest BCUT2D eigenvalue weighted by Gasteiger charge is -2.32. The fourth-order valence-electron chi connectivity index (χ4n) is 2.48. The second-order valence-corrected chi connectivity index (χ2v) is 6.12. The fourth-order valence-corrected chi connectivity index (χ4v) is 3.17. The first kappa shape index (κ1) is 16.4. The van der Waals surface area contributed by atoms with Gasteiger partial charge in [0, 0.05) is 25.5 Å². The van der Waals surface area contributed by atoms with Crippen LogP contribution in [0.4, 0.5) is 0 Å². The molecule has 2 amide bonds. The van der Waals surface area contributed by atoms with Gasteiger partial charge >= 0.3 is 5.97 Å². The molecule has 22 heavy (non-hydrogen) atoms. The largest absolute Gasteiger partial charge is 0.481 e. The number of rotatable bonds is 4. The Kier molecular flexibility index (Phi) is 5.12. The Balaban J connectivity index is 1.95. The summed E-state index contributed by atoms with van der Waals surface area (Å²) in [7, 11) is 1.57. The number of likely N-dealkylation sites (N-methyl/N-ethyl adjacent to an activating group) is 1. The zero-order chi connectivity index (χ0) is 16.3. The highest BCUT2D eigenvalue weighted by Gasteiger charge is 2.29. The molecule has 0 unspecified atom stereocenters. The van der Waals surface area contributed by atoms with E-state index in [0.29, 0.717) is 30.6 Å². The molecule has 0 spiro atoms. The van der Waals surface area contributed by atoms with Crippen LogP contribution in [0.5, 0.6) is 0 Å². The molecule has 0 bridgehead atoms. The van der Waals surface area contributed by atoms with Crippen LogP contribution in [-0.2, 0) is 9.59 Å². The Morgan fingerprint density at radius 1 is 1.50 bits per heavy atom. The minimum atomic E-state index is -0.873. The molecule has 0 saturated carbocycles. The van der Waals surface area contributed by atoms with Crippen molar-refractivity contribution >= 4 is 29.3 Å². The number of piperidine rings is 1. The Labute approximate surface area is 132 Å². The van der Waals surface area contributed by atoms with Crippen LogP contribution < -0.4 is 0 Å². The van der Waals surface area contributed by atoms with Crippen molar-refractivity contribution in [1.82, 2.24) is 14.2 Å². The lowest BCUT2D eigenvalue weighted by Crippen LogP contribution is -2.46. The molecular weight excluding hydrogens is 306 g/mol. The summed E-state index contributed by atoms with van der Waals surface area (Å²) in [5.74, 6) is -1.85. The van der Waals surface area contributed by atoms with E-state index in [9.17, 15) is 14.4 Å². The molecule has 0 aliphatic carbocycles. The Morgan fingerprint density at radius 3 is 2.82 bits per heavy atom. The minimum absolute atomic E-state index is 0.0551. The highest BCUT2D eigenvalue weighted by molar-refractivity contribution is 7.03. The van der Waals surface area contributed by atoms with E-state index in [4.69, 9.17) is 5.11 Å². The van der Waals surface area contributed by atoms with E-state index in [0.717, 1.165) is 0 Å². The van der Waals surface area contributed by atoms with E-state index < -0.39 is 11.9 Å². The van der Waals surface area contributed by atoms with Gasteiger partial charge in [0.1, 0.15) is 0 Å². The van der Waals surface area contributed by atoms with Gasteiger partial charge in [-0.3, -0.25) is 14.4 Å². The molecule has 0 radical (unpaired) electrons. The molecule has 2 rings (SSSR count). The first-order chi connectivity index (χ1) is 10.4. The van der Waals surface area contributed by atoms with Gasteiger partial charge in [0.2, 0.25) is 5.91 Å². The van der Waals surface area contributed by atoms with E-state index in [1.54, 1.807) is 19.4 Å². The van der Waals surface area contributed by atoms with E-state index in [1.165, 1.54) is 21.3 Å². The summed E-state index contributed by atoms with van der Waals surface area (Å²) in [6.07, 6.45) is 1.27. The number of carbonyl (C=O) groups excluding carboxylic acids is 2.